The molecule has 1 aromatic carbocycles. The lowest BCUT2D eigenvalue weighted by Crippen LogP contribution is -2.48. The Bertz CT molecular complexity index is 770. The highest BCUT2D eigenvalue weighted by atomic mass is 32.2. The summed E-state index contributed by atoms with van der Waals surface area (Å²) in [4.78, 5) is 51.7. The number of carbonyl (C=O) groups is 4. The van der Waals surface area contributed by atoms with Gasteiger partial charge in [-0.05, 0) is 50.3 Å². The van der Waals surface area contributed by atoms with Crippen molar-refractivity contribution in [3.05, 3.63) is 29.8 Å². The monoisotopic (exact) mass is 402 g/mol. The molecule has 1 aliphatic carbocycles. The fourth-order valence-corrected chi connectivity index (χ4v) is 4.60. The molecule has 1 saturated carbocycles. The number of fused-ring (bicyclic) bond motifs is 1. The molecule has 7 heteroatoms. The van der Waals surface area contributed by atoms with E-state index in [-0.39, 0.29) is 35.3 Å². The average molecular weight is 403 g/mol. The van der Waals surface area contributed by atoms with Crippen molar-refractivity contribution >= 4 is 41.0 Å². The van der Waals surface area contributed by atoms with Crippen LogP contribution in [0.1, 0.15) is 49.4 Å². The molecule has 1 saturated heterocycles. The maximum absolute atomic E-state index is 13.0. The molecule has 3 rings (SSSR count). The highest BCUT2D eigenvalue weighted by molar-refractivity contribution is 7.98. The molecule has 1 N–H and O–H groups in total. The summed E-state index contributed by atoms with van der Waals surface area (Å²) in [7, 11) is 0. The Labute approximate surface area is 169 Å². The maximum atomic E-state index is 13.0. The Morgan fingerprint density at radius 2 is 1.82 bits per heavy atom. The van der Waals surface area contributed by atoms with Crippen LogP contribution in [0.5, 0.6) is 0 Å². The Morgan fingerprint density at radius 3 is 2.39 bits per heavy atom. The normalized spacial score (nSPS) is 22.7. The molecule has 28 heavy (non-hydrogen) atoms. The van der Waals surface area contributed by atoms with Crippen LogP contribution < -0.4 is 5.32 Å². The van der Waals surface area contributed by atoms with E-state index in [2.05, 4.69) is 5.32 Å². The van der Waals surface area contributed by atoms with Crippen LogP contribution in [-0.2, 0) is 14.4 Å². The van der Waals surface area contributed by atoms with Crippen molar-refractivity contribution in [1.29, 1.82) is 0 Å². The van der Waals surface area contributed by atoms with E-state index >= 15 is 0 Å². The largest absolute Gasteiger partial charge is 0.324 e. The molecule has 0 radical (unpaired) electrons. The van der Waals surface area contributed by atoms with E-state index in [0.717, 1.165) is 25.7 Å². The number of Topliss-reactive ketones (excluding diaryl/α,β-unsaturated/α-hetero) is 1. The zero-order valence-corrected chi connectivity index (χ0v) is 17.1. The molecule has 3 atom stereocenters. The molecule has 0 aromatic heterocycles. The number of thioether (sulfide) groups is 1. The molecule has 1 aromatic rings. The molecular formula is C21H26N2O4S. The van der Waals surface area contributed by atoms with Crippen molar-refractivity contribution in [2.75, 3.05) is 17.3 Å². The third-order valence-electron chi connectivity index (χ3n) is 5.62. The van der Waals surface area contributed by atoms with E-state index in [1.807, 2.05) is 6.26 Å². The Morgan fingerprint density at radius 1 is 1.18 bits per heavy atom. The summed E-state index contributed by atoms with van der Waals surface area (Å²) < 4.78 is 0. The van der Waals surface area contributed by atoms with Crippen LogP contribution in [0.3, 0.4) is 0 Å². The van der Waals surface area contributed by atoms with Crippen molar-refractivity contribution < 1.29 is 19.2 Å². The van der Waals surface area contributed by atoms with Crippen LogP contribution in [0.15, 0.2) is 24.3 Å². The number of hydrogen-bond acceptors (Lipinski definition) is 5. The van der Waals surface area contributed by atoms with Crippen LogP contribution in [0, 0.1) is 11.8 Å². The number of carbonyl (C=O) groups excluding carboxylic acids is 4. The third kappa shape index (κ3) is 4.14. The zero-order chi connectivity index (χ0) is 20.3. The Hall–Kier alpha value is -2.15. The van der Waals surface area contributed by atoms with E-state index in [1.54, 1.807) is 36.0 Å². The first kappa shape index (κ1) is 20.6. The smallest absolute Gasteiger partial charge is 0.247 e. The van der Waals surface area contributed by atoms with Crippen LogP contribution in [0.2, 0.25) is 0 Å². The van der Waals surface area contributed by atoms with E-state index < -0.39 is 6.04 Å². The van der Waals surface area contributed by atoms with Gasteiger partial charge in [0, 0.05) is 11.3 Å². The van der Waals surface area contributed by atoms with Gasteiger partial charge in [0.25, 0.3) is 0 Å². The predicted octanol–water partition coefficient (Wildman–Crippen LogP) is 3.12. The number of rotatable bonds is 7. The molecule has 0 spiro atoms. The first-order chi connectivity index (χ1) is 13.4. The van der Waals surface area contributed by atoms with E-state index in [0.29, 0.717) is 23.4 Å². The van der Waals surface area contributed by atoms with Crippen molar-refractivity contribution in [2.45, 2.75) is 45.1 Å². The first-order valence-electron chi connectivity index (χ1n) is 9.71. The number of nitrogens with one attached hydrogen (secondary N) is 1. The van der Waals surface area contributed by atoms with Gasteiger partial charge < -0.3 is 5.32 Å². The van der Waals surface area contributed by atoms with Crippen LogP contribution in [0.25, 0.3) is 0 Å². The van der Waals surface area contributed by atoms with Gasteiger partial charge in [0.15, 0.2) is 5.78 Å². The molecule has 150 valence electrons. The van der Waals surface area contributed by atoms with Gasteiger partial charge in [-0.25, -0.2) is 0 Å². The van der Waals surface area contributed by atoms with Gasteiger partial charge in [0.05, 0.1) is 11.8 Å². The van der Waals surface area contributed by atoms with Gasteiger partial charge in [0.1, 0.15) is 6.04 Å². The Kier molecular flexibility index (Phi) is 6.54. The summed E-state index contributed by atoms with van der Waals surface area (Å²) in [6, 6.07) is 5.87. The van der Waals surface area contributed by atoms with Crippen LogP contribution in [-0.4, -0.2) is 46.5 Å². The molecule has 0 unspecified atom stereocenters. The number of amides is 3. The lowest BCUT2D eigenvalue weighted by molar-refractivity contribution is -0.146. The molecule has 6 nitrogen and oxygen atoms in total. The second-order valence-electron chi connectivity index (χ2n) is 7.47. The minimum atomic E-state index is -0.820. The zero-order valence-electron chi connectivity index (χ0n) is 16.3. The SMILES string of the molecule is CSCC[C@H](C(=O)Nc1cccc(C(C)=O)c1)N1C(=O)[C@@H]2CCCC[C@H]2C1=O. The van der Waals surface area contributed by atoms with Gasteiger partial charge in [-0.3, -0.25) is 24.1 Å². The molecule has 2 fully saturated rings. The maximum Gasteiger partial charge on any atom is 0.247 e. The number of ketones is 1. The number of hydrogen-bond donors (Lipinski definition) is 1. The number of benzene rings is 1. The highest BCUT2D eigenvalue weighted by Crippen LogP contribution is 2.39. The van der Waals surface area contributed by atoms with Gasteiger partial charge in [-0.2, -0.15) is 11.8 Å². The minimum absolute atomic E-state index is 0.0935. The number of likely N-dealkylation sites (tertiary alicyclic amines) is 1. The lowest BCUT2D eigenvalue weighted by atomic mass is 9.81. The first-order valence-corrected chi connectivity index (χ1v) is 11.1. The number of imide groups is 1. The number of nitrogens with zero attached hydrogens (tertiary/aromatic N) is 1. The summed E-state index contributed by atoms with van der Waals surface area (Å²) in [5, 5.41) is 2.80. The van der Waals surface area contributed by atoms with E-state index in [4.69, 9.17) is 0 Å². The topological polar surface area (TPSA) is 83.6 Å². The Balaban J connectivity index is 1.82. The molecule has 1 aliphatic heterocycles. The minimum Gasteiger partial charge on any atom is -0.324 e. The van der Waals surface area contributed by atoms with Crippen molar-refractivity contribution in [1.82, 2.24) is 4.90 Å². The van der Waals surface area contributed by atoms with Crippen molar-refractivity contribution in [3.8, 4) is 0 Å². The number of anilines is 1. The van der Waals surface area contributed by atoms with Crippen molar-refractivity contribution in [2.24, 2.45) is 11.8 Å². The standard InChI is InChI=1S/C21H26N2O4S/c1-13(24)14-6-5-7-15(12-14)22-19(25)18(10-11-28-2)23-20(26)16-8-3-4-9-17(16)21(23)27/h5-7,12,16-18H,3-4,8-11H2,1-2H3,(H,22,25)/t16-,17-,18-/m1/s1. The quantitative estimate of drug-likeness (QED) is 0.560. The molecule has 1 heterocycles. The fraction of sp³-hybridized carbons (Fsp3) is 0.524. The summed E-state index contributed by atoms with van der Waals surface area (Å²) in [6.07, 6.45) is 5.70. The average Bonchev–Trinajstić information content (AvgIpc) is 2.94. The fourth-order valence-electron chi connectivity index (χ4n) is 4.14. The molecule has 3 amide bonds. The van der Waals surface area contributed by atoms with Gasteiger partial charge in [0.2, 0.25) is 17.7 Å². The summed E-state index contributed by atoms with van der Waals surface area (Å²) in [6.45, 7) is 1.46. The summed E-state index contributed by atoms with van der Waals surface area (Å²) in [5.74, 6) is -0.752. The van der Waals surface area contributed by atoms with Gasteiger partial charge in [-0.15, -0.1) is 0 Å². The molecule has 0 bridgehead atoms. The predicted molar refractivity (Wildman–Crippen MR) is 109 cm³/mol. The van der Waals surface area contributed by atoms with Gasteiger partial charge in [-0.1, -0.05) is 25.0 Å². The van der Waals surface area contributed by atoms with Crippen LogP contribution in [0.4, 0.5) is 5.69 Å². The van der Waals surface area contributed by atoms with E-state index in [1.165, 1.54) is 11.8 Å². The summed E-state index contributed by atoms with van der Waals surface area (Å²) >= 11 is 1.57. The highest BCUT2D eigenvalue weighted by Gasteiger charge is 2.51. The molecule has 2 aliphatic rings. The van der Waals surface area contributed by atoms with E-state index in [9.17, 15) is 19.2 Å². The second-order valence-corrected chi connectivity index (χ2v) is 8.45. The van der Waals surface area contributed by atoms with Crippen LogP contribution >= 0.6 is 11.8 Å². The summed E-state index contributed by atoms with van der Waals surface area (Å²) in [5.41, 5.74) is 0.987. The van der Waals surface area contributed by atoms with Crippen molar-refractivity contribution in [3.63, 3.8) is 0 Å². The molecular weight excluding hydrogens is 376 g/mol. The third-order valence-corrected chi connectivity index (χ3v) is 6.27. The lowest BCUT2D eigenvalue weighted by Gasteiger charge is -2.26. The second kappa shape index (κ2) is 8.90. The van der Waals surface area contributed by atoms with Gasteiger partial charge >= 0.3 is 0 Å².